The van der Waals surface area contributed by atoms with Crippen LogP contribution in [0.5, 0.6) is 0 Å². The van der Waals surface area contributed by atoms with Crippen molar-refractivity contribution in [3.63, 3.8) is 0 Å². The lowest BCUT2D eigenvalue weighted by molar-refractivity contribution is 0.408. The van der Waals surface area contributed by atoms with Crippen LogP contribution in [-0.2, 0) is 0 Å². The predicted octanol–water partition coefficient (Wildman–Crippen LogP) is 12.8. The zero-order valence-electron chi connectivity index (χ0n) is 23.8. The summed E-state index contributed by atoms with van der Waals surface area (Å²) >= 11 is 0. The minimum Gasteiger partial charge on any atom is -0.0654 e. The Morgan fingerprint density at radius 2 is 0.545 bits per heavy atom. The predicted molar refractivity (Wildman–Crippen MR) is 154 cm³/mol. The number of hydrogen-bond acceptors (Lipinski definition) is 0. The lowest BCUT2D eigenvalue weighted by Crippen LogP contribution is -1.99. The van der Waals surface area contributed by atoms with Crippen LogP contribution in [0.1, 0.15) is 200 Å². The Kier molecular flexibility index (Phi) is 30.0. The molecule has 0 aromatic carbocycles. The first-order valence-corrected chi connectivity index (χ1v) is 16.1. The van der Waals surface area contributed by atoms with Crippen molar-refractivity contribution in [2.75, 3.05) is 0 Å². The van der Waals surface area contributed by atoms with Crippen molar-refractivity contribution in [2.24, 2.45) is 5.92 Å². The van der Waals surface area contributed by atoms with E-state index in [9.17, 15) is 0 Å². The van der Waals surface area contributed by atoms with Crippen LogP contribution >= 0.6 is 0 Å². The minimum atomic E-state index is 0.909. The van der Waals surface area contributed by atoms with E-state index in [4.69, 9.17) is 0 Å². The van der Waals surface area contributed by atoms with E-state index in [0.717, 1.165) is 12.3 Å². The molecule has 0 amide bonds. The summed E-state index contributed by atoms with van der Waals surface area (Å²) in [4.78, 5) is 0. The molecule has 0 aliphatic rings. The van der Waals surface area contributed by atoms with Gasteiger partial charge in [0, 0.05) is 0 Å². The maximum Gasteiger partial charge on any atom is -0.0414 e. The van der Waals surface area contributed by atoms with Crippen molar-refractivity contribution in [3.8, 4) is 0 Å². The minimum absolute atomic E-state index is 0.909. The maximum atomic E-state index is 4.17. The molecule has 0 N–H and O–H groups in total. The molecule has 0 heteroatoms. The van der Waals surface area contributed by atoms with E-state index in [1.54, 1.807) is 0 Å². The highest BCUT2D eigenvalue weighted by Gasteiger charge is 2.05. The second-order valence-corrected chi connectivity index (χ2v) is 11.2. The molecule has 1 unspecified atom stereocenters. The molecular weight excluding hydrogens is 396 g/mol. The van der Waals surface area contributed by atoms with Crippen molar-refractivity contribution in [2.45, 2.75) is 200 Å². The van der Waals surface area contributed by atoms with Gasteiger partial charge in [-0.3, -0.25) is 0 Å². The smallest absolute Gasteiger partial charge is 0.0414 e. The molecule has 0 rings (SSSR count). The summed E-state index contributed by atoms with van der Waals surface area (Å²) in [6, 6.07) is 0. The lowest BCUT2D eigenvalue weighted by Gasteiger charge is -2.14. The monoisotopic (exact) mass is 464 g/mol. The van der Waals surface area contributed by atoms with E-state index < -0.39 is 0 Å². The molecule has 0 aromatic rings. The number of hydrogen-bond donors (Lipinski definition) is 0. The highest BCUT2D eigenvalue weighted by atomic mass is 14.1. The molecule has 1 radical (unpaired) electrons. The Labute approximate surface area is 212 Å². The van der Waals surface area contributed by atoms with Crippen molar-refractivity contribution >= 4 is 0 Å². The molecule has 0 saturated carbocycles. The van der Waals surface area contributed by atoms with Crippen LogP contribution in [0, 0.1) is 12.8 Å². The molecular formula is C33H67. The molecule has 0 nitrogen and oxygen atoms in total. The molecule has 0 heterocycles. The standard InChI is InChI=1S/C33H67/c1-4-7-9-10-11-12-13-14-15-16-17-18-19-20-21-22-23-24-25-26-27-28-30-32-33(6-3)31-29-8-5-2/h33H,3-32H2,1-2H3. The van der Waals surface area contributed by atoms with Gasteiger partial charge in [-0.2, -0.15) is 0 Å². The first-order chi connectivity index (χ1) is 16.3. The average Bonchev–Trinajstić information content (AvgIpc) is 2.83. The molecule has 0 fully saturated rings. The second kappa shape index (κ2) is 30.0. The largest absolute Gasteiger partial charge is 0.0654 e. The van der Waals surface area contributed by atoms with Gasteiger partial charge in [-0.1, -0.05) is 207 Å². The number of rotatable bonds is 29. The van der Waals surface area contributed by atoms with Gasteiger partial charge in [-0.15, -0.1) is 0 Å². The van der Waals surface area contributed by atoms with Crippen LogP contribution in [0.3, 0.4) is 0 Å². The third-order valence-electron chi connectivity index (χ3n) is 7.84. The summed E-state index contributed by atoms with van der Waals surface area (Å²) in [6.45, 7) is 8.79. The van der Waals surface area contributed by atoms with Crippen molar-refractivity contribution in [3.05, 3.63) is 6.92 Å². The van der Waals surface area contributed by atoms with Gasteiger partial charge in [0.05, 0.1) is 0 Å². The normalized spacial score (nSPS) is 12.5. The summed E-state index contributed by atoms with van der Waals surface area (Å²) in [5.41, 5.74) is 0. The van der Waals surface area contributed by atoms with Gasteiger partial charge in [0.25, 0.3) is 0 Å². The Balaban J connectivity index is 3.11. The van der Waals surface area contributed by atoms with Crippen LogP contribution < -0.4 is 0 Å². The summed E-state index contributed by atoms with van der Waals surface area (Å²) in [5.74, 6) is 0.909. The zero-order chi connectivity index (χ0) is 24.1. The van der Waals surface area contributed by atoms with E-state index in [1.807, 2.05) is 0 Å². The third-order valence-corrected chi connectivity index (χ3v) is 7.84. The highest BCUT2D eigenvalue weighted by molar-refractivity contribution is 4.62. The highest BCUT2D eigenvalue weighted by Crippen LogP contribution is 2.21. The molecule has 0 spiro atoms. The van der Waals surface area contributed by atoms with Crippen LogP contribution in [0.2, 0.25) is 0 Å². The molecule has 0 aliphatic carbocycles. The van der Waals surface area contributed by atoms with E-state index >= 15 is 0 Å². The topological polar surface area (TPSA) is 0 Å². The van der Waals surface area contributed by atoms with Crippen molar-refractivity contribution in [1.82, 2.24) is 0 Å². The average molecular weight is 464 g/mol. The Morgan fingerprint density at radius 1 is 0.333 bits per heavy atom. The van der Waals surface area contributed by atoms with Crippen LogP contribution in [0.25, 0.3) is 0 Å². The van der Waals surface area contributed by atoms with Gasteiger partial charge in [0.2, 0.25) is 0 Å². The van der Waals surface area contributed by atoms with E-state index in [1.165, 1.54) is 180 Å². The lowest BCUT2D eigenvalue weighted by atomic mass is 9.92. The van der Waals surface area contributed by atoms with Gasteiger partial charge in [-0.05, 0) is 5.92 Å². The molecule has 0 aliphatic heterocycles. The summed E-state index contributed by atoms with van der Waals surface area (Å²) in [6.07, 6.45) is 42.1. The van der Waals surface area contributed by atoms with E-state index in [2.05, 4.69) is 20.8 Å². The first kappa shape index (κ1) is 33.0. The summed E-state index contributed by atoms with van der Waals surface area (Å²) < 4.78 is 0. The van der Waals surface area contributed by atoms with Crippen LogP contribution in [-0.4, -0.2) is 0 Å². The van der Waals surface area contributed by atoms with Gasteiger partial charge < -0.3 is 0 Å². The quantitative estimate of drug-likeness (QED) is 0.0967. The first-order valence-electron chi connectivity index (χ1n) is 16.1. The van der Waals surface area contributed by atoms with Crippen LogP contribution in [0.15, 0.2) is 0 Å². The molecule has 199 valence electrons. The number of unbranched alkanes of at least 4 members (excludes halogenated alkanes) is 24. The molecule has 0 bridgehead atoms. The third kappa shape index (κ3) is 28.1. The van der Waals surface area contributed by atoms with Gasteiger partial charge >= 0.3 is 0 Å². The Hall–Kier alpha value is 0. The molecule has 1 atom stereocenters. The van der Waals surface area contributed by atoms with E-state index in [0.29, 0.717) is 0 Å². The van der Waals surface area contributed by atoms with Gasteiger partial charge in [0.15, 0.2) is 0 Å². The summed E-state index contributed by atoms with van der Waals surface area (Å²) in [5, 5.41) is 0. The molecule has 0 aromatic heterocycles. The zero-order valence-corrected chi connectivity index (χ0v) is 23.8. The van der Waals surface area contributed by atoms with E-state index in [-0.39, 0.29) is 0 Å². The second-order valence-electron chi connectivity index (χ2n) is 11.2. The fourth-order valence-corrected chi connectivity index (χ4v) is 5.33. The van der Waals surface area contributed by atoms with Crippen molar-refractivity contribution in [1.29, 1.82) is 0 Å². The fourth-order valence-electron chi connectivity index (χ4n) is 5.33. The van der Waals surface area contributed by atoms with Gasteiger partial charge in [-0.25, -0.2) is 0 Å². The Bertz CT molecular complexity index is 320. The molecule has 33 heavy (non-hydrogen) atoms. The van der Waals surface area contributed by atoms with Crippen LogP contribution in [0.4, 0.5) is 0 Å². The fraction of sp³-hybridized carbons (Fsp3) is 0.970. The summed E-state index contributed by atoms with van der Waals surface area (Å²) in [7, 11) is 0. The Morgan fingerprint density at radius 3 is 0.818 bits per heavy atom. The van der Waals surface area contributed by atoms with Gasteiger partial charge in [0.1, 0.15) is 0 Å². The van der Waals surface area contributed by atoms with Crippen molar-refractivity contribution < 1.29 is 0 Å². The SMILES string of the molecule is [CH2]CC(CCCCC)CCCCCCCCCCCCCCCCCCCCCCCCC. The maximum absolute atomic E-state index is 4.17. The molecule has 0 saturated heterocycles.